The van der Waals surface area contributed by atoms with Crippen LogP contribution in [0.2, 0.25) is 0 Å². The second kappa shape index (κ2) is 4.87. The first-order valence-corrected chi connectivity index (χ1v) is 7.02. The highest BCUT2D eigenvalue weighted by molar-refractivity contribution is 7.89. The molecule has 104 valence electrons. The Hall–Kier alpha value is -1.51. The summed E-state index contributed by atoms with van der Waals surface area (Å²) in [6.45, 7) is -0.274. The molecule has 3 N–H and O–H groups in total. The fraction of sp³-hybridized carbons (Fsp3) is 0.364. The SMILES string of the molecule is NC(=O)C1CC(O)CN1S(=O)(=O)c1ccccc1F. The molecule has 1 aliphatic rings. The van der Waals surface area contributed by atoms with Gasteiger partial charge in [-0.15, -0.1) is 0 Å². The molecular formula is C11H13FN2O4S. The van der Waals surface area contributed by atoms with Crippen molar-refractivity contribution in [2.45, 2.75) is 23.5 Å². The van der Waals surface area contributed by atoms with Crippen molar-refractivity contribution in [1.29, 1.82) is 0 Å². The number of carbonyl (C=O) groups excluding carboxylic acids is 1. The van der Waals surface area contributed by atoms with Crippen LogP contribution in [0, 0.1) is 5.82 Å². The van der Waals surface area contributed by atoms with Gasteiger partial charge in [-0.2, -0.15) is 4.31 Å². The summed E-state index contributed by atoms with van der Waals surface area (Å²) in [7, 11) is -4.20. The first kappa shape index (κ1) is 13.9. The number of nitrogens with zero attached hydrogens (tertiary/aromatic N) is 1. The van der Waals surface area contributed by atoms with Gasteiger partial charge < -0.3 is 10.8 Å². The summed E-state index contributed by atoms with van der Waals surface area (Å²) < 4.78 is 38.9. The first-order chi connectivity index (χ1) is 8.84. The molecule has 0 spiro atoms. The Labute approximate surface area is 109 Å². The van der Waals surface area contributed by atoms with Crippen molar-refractivity contribution in [3.05, 3.63) is 30.1 Å². The van der Waals surface area contributed by atoms with Crippen LogP contribution in [0.3, 0.4) is 0 Å². The lowest BCUT2D eigenvalue weighted by Gasteiger charge is -2.21. The third kappa shape index (κ3) is 2.46. The predicted octanol–water partition coefficient (Wildman–Crippen LogP) is -0.565. The van der Waals surface area contributed by atoms with E-state index in [4.69, 9.17) is 5.73 Å². The Morgan fingerprint density at radius 2 is 2.05 bits per heavy atom. The van der Waals surface area contributed by atoms with E-state index in [0.717, 1.165) is 16.4 Å². The monoisotopic (exact) mass is 288 g/mol. The summed E-state index contributed by atoms with van der Waals surface area (Å²) >= 11 is 0. The van der Waals surface area contributed by atoms with Gasteiger partial charge in [0.05, 0.1) is 6.10 Å². The van der Waals surface area contributed by atoms with Crippen LogP contribution >= 0.6 is 0 Å². The molecule has 0 bridgehead atoms. The van der Waals surface area contributed by atoms with Gasteiger partial charge in [-0.05, 0) is 12.1 Å². The van der Waals surface area contributed by atoms with E-state index < -0.39 is 38.8 Å². The Morgan fingerprint density at radius 3 is 2.63 bits per heavy atom. The van der Waals surface area contributed by atoms with Crippen LogP contribution < -0.4 is 5.73 Å². The number of halogens is 1. The highest BCUT2D eigenvalue weighted by Crippen LogP contribution is 2.27. The van der Waals surface area contributed by atoms with Gasteiger partial charge in [-0.25, -0.2) is 12.8 Å². The Kier molecular flexibility index (Phi) is 3.57. The van der Waals surface area contributed by atoms with Gasteiger partial charge >= 0.3 is 0 Å². The lowest BCUT2D eigenvalue weighted by Crippen LogP contribution is -2.43. The largest absolute Gasteiger partial charge is 0.392 e. The number of hydrogen-bond donors (Lipinski definition) is 2. The van der Waals surface area contributed by atoms with Crippen molar-refractivity contribution < 1.29 is 22.7 Å². The fourth-order valence-electron chi connectivity index (χ4n) is 2.09. The number of sulfonamides is 1. The summed E-state index contributed by atoms with van der Waals surface area (Å²) in [6.07, 6.45) is -1.07. The molecular weight excluding hydrogens is 275 g/mol. The van der Waals surface area contributed by atoms with Crippen LogP contribution in [-0.4, -0.2) is 42.4 Å². The molecule has 6 nitrogen and oxygen atoms in total. The summed E-state index contributed by atoms with van der Waals surface area (Å²) in [4.78, 5) is 10.7. The normalized spacial score (nSPS) is 24.5. The van der Waals surface area contributed by atoms with Crippen LogP contribution in [0.25, 0.3) is 0 Å². The minimum atomic E-state index is -4.20. The van der Waals surface area contributed by atoms with Crippen LogP contribution in [0.5, 0.6) is 0 Å². The van der Waals surface area contributed by atoms with Gasteiger partial charge in [0, 0.05) is 13.0 Å². The van der Waals surface area contributed by atoms with Crippen LogP contribution in [0.1, 0.15) is 6.42 Å². The smallest absolute Gasteiger partial charge is 0.246 e. The van der Waals surface area contributed by atoms with E-state index in [2.05, 4.69) is 0 Å². The third-order valence-electron chi connectivity index (χ3n) is 2.99. The van der Waals surface area contributed by atoms with E-state index in [0.29, 0.717) is 0 Å². The molecule has 0 aliphatic carbocycles. The third-order valence-corrected chi connectivity index (χ3v) is 4.89. The average Bonchev–Trinajstić information content (AvgIpc) is 2.72. The Bertz CT molecular complexity index is 604. The number of carbonyl (C=O) groups is 1. The maximum absolute atomic E-state index is 13.6. The van der Waals surface area contributed by atoms with Crippen molar-refractivity contribution in [3.8, 4) is 0 Å². The molecule has 1 fully saturated rings. The summed E-state index contributed by atoms with van der Waals surface area (Å²) in [5.41, 5.74) is 5.11. The number of nitrogens with two attached hydrogens (primary N) is 1. The molecule has 1 aromatic rings. The van der Waals surface area contributed by atoms with Crippen LogP contribution in [-0.2, 0) is 14.8 Å². The van der Waals surface area contributed by atoms with Gasteiger partial charge in [-0.3, -0.25) is 4.79 Å². The quantitative estimate of drug-likeness (QED) is 0.778. The molecule has 2 unspecified atom stereocenters. The number of primary amides is 1. The van der Waals surface area contributed by atoms with E-state index >= 15 is 0 Å². The standard InChI is InChI=1S/C11H13FN2O4S/c12-8-3-1-2-4-10(8)19(17,18)14-6-7(15)5-9(14)11(13)16/h1-4,7,9,15H,5-6H2,(H2,13,16). The zero-order valence-electron chi connectivity index (χ0n) is 9.86. The fourth-order valence-corrected chi connectivity index (χ4v) is 3.80. The molecule has 2 atom stereocenters. The van der Waals surface area contributed by atoms with E-state index in [9.17, 15) is 22.7 Å². The lowest BCUT2D eigenvalue weighted by molar-refractivity contribution is -0.121. The van der Waals surface area contributed by atoms with Crippen molar-refractivity contribution in [2.75, 3.05) is 6.54 Å². The van der Waals surface area contributed by atoms with Gasteiger partial charge in [0.15, 0.2) is 0 Å². The van der Waals surface area contributed by atoms with Gasteiger partial charge in [0.2, 0.25) is 15.9 Å². The molecule has 8 heteroatoms. The first-order valence-electron chi connectivity index (χ1n) is 5.58. The molecule has 2 rings (SSSR count). The topological polar surface area (TPSA) is 101 Å². The second-order valence-corrected chi connectivity index (χ2v) is 6.17. The molecule has 1 saturated heterocycles. The number of aliphatic hydroxyl groups excluding tert-OH is 1. The summed E-state index contributed by atoms with van der Waals surface area (Å²) in [5, 5.41) is 9.49. The van der Waals surface area contributed by atoms with Gasteiger partial charge in [0.25, 0.3) is 0 Å². The molecule has 1 heterocycles. The van der Waals surface area contributed by atoms with Crippen LogP contribution in [0.15, 0.2) is 29.2 Å². The highest BCUT2D eigenvalue weighted by Gasteiger charge is 2.43. The highest BCUT2D eigenvalue weighted by atomic mass is 32.2. The maximum Gasteiger partial charge on any atom is 0.246 e. The molecule has 0 saturated carbocycles. The van der Waals surface area contributed by atoms with Crippen molar-refractivity contribution in [3.63, 3.8) is 0 Å². The molecule has 1 aliphatic heterocycles. The minimum Gasteiger partial charge on any atom is -0.392 e. The summed E-state index contributed by atoms with van der Waals surface area (Å²) in [5.74, 6) is -1.77. The number of rotatable bonds is 3. The van der Waals surface area contributed by atoms with E-state index in [-0.39, 0.29) is 13.0 Å². The average molecular weight is 288 g/mol. The van der Waals surface area contributed by atoms with Gasteiger partial charge in [0.1, 0.15) is 16.8 Å². The summed E-state index contributed by atoms with van der Waals surface area (Å²) in [6, 6.07) is 3.70. The number of β-amino-alcohol motifs (C(OH)–C–C–N with tert-alkyl or cyclic N) is 1. The van der Waals surface area contributed by atoms with Gasteiger partial charge in [-0.1, -0.05) is 12.1 Å². The number of aliphatic hydroxyl groups is 1. The number of amides is 1. The number of benzene rings is 1. The predicted molar refractivity (Wildman–Crippen MR) is 63.9 cm³/mol. The van der Waals surface area contributed by atoms with E-state index in [1.54, 1.807) is 0 Å². The molecule has 0 radical (unpaired) electrons. The van der Waals surface area contributed by atoms with Crippen molar-refractivity contribution in [2.24, 2.45) is 5.73 Å². The Morgan fingerprint density at radius 1 is 1.42 bits per heavy atom. The maximum atomic E-state index is 13.6. The van der Waals surface area contributed by atoms with E-state index in [1.807, 2.05) is 0 Å². The van der Waals surface area contributed by atoms with Crippen molar-refractivity contribution in [1.82, 2.24) is 4.31 Å². The van der Waals surface area contributed by atoms with Crippen LogP contribution in [0.4, 0.5) is 4.39 Å². The van der Waals surface area contributed by atoms with E-state index in [1.165, 1.54) is 12.1 Å². The Balaban J connectivity index is 2.45. The second-order valence-electron chi connectivity index (χ2n) is 4.31. The van der Waals surface area contributed by atoms with Crippen molar-refractivity contribution >= 4 is 15.9 Å². The molecule has 1 aromatic carbocycles. The molecule has 0 aromatic heterocycles. The zero-order valence-corrected chi connectivity index (χ0v) is 10.7. The number of hydrogen-bond acceptors (Lipinski definition) is 4. The molecule has 19 heavy (non-hydrogen) atoms. The lowest BCUT2D eigenvalue weighted by atomic mass is 10.2. The minimum absolute atomic E-state index is 0.0803. The zero-order chi connectivity index (χ0) is 14.2. The molecule has 1 amide bonds.